The van der Waals surface area contributed by atoms with Crippen LogP contribution in [0, 0.1) is 0 Å². The van der Waals surface area contributed by atoms with Gasteiger partial charge in [0.2, 0.25) is 5.91 Å². The van der Waals surface area contributed by atoms with Crippen LogP contribution in [-0.2, 0) is 11.2 Å². The predicted octanol–water partition coefficient (Wildman–Crippen LogP) is 0.444. The van der Waals surface area contributed by atoms with Gasteiger partial charge in [0.05, 0.1) is 12.1 Å². The van der Waals surface area contributed by atoms with Crippen molar-refractivity contribution < 1.29 is 9.90 Å². The highest BCUT2D eigenvalue weighted by molar-refractivity contribution is 5.81. The maximum atomic E-state index is 11.6. The standard InChI is InChI=1S/C13H20N2O2/c1-10(16)7-8-15-13(17)12(14)9-11-5-3-2-4-6-11/h2-6,10,12,16H,7-9,14H2,1H3,(H,15,17). The van der Waals surface area contributed by atoms with Crippen LogP contribution in [-0.4, -0.2) is 29.7 Å². The summed E-state index contributed by atoms with van der Waals surface area (Å²) >= 11 is 0. The van der Waals surface area contributed by atoms with Crippen LogP contribution in [0.15, 0.2) is 30.3 Å². The quantitative estimate of drug-likeness (QED) is 0.671. The lowest BCUT2D eigenvalue weighted by molar-refractivity contribution is -0.122. The zero-order chi connectivity index (χ0) is 12.7. The third-order valence-electron chi connectivity index (χ3n) is 2.50. The van der Waals surface area contributed by atoms with Gasteiger partial charge in [-0.1, -0.05) is 30.3 Å². The first-order valence-electron chi connectivity index (χ1n) is 5.85. The number of hydrogen-bond acceptors (Lipinski definition) is 3. The normalized spacial score (nSPS) is 14.1. The maximum Gasteiger partial charge on any atom is 0.237 e. The summed E-state index contributed by atoms with van der Waals surface area (Å²) < 4.78 is 0. The van der Waals surface area contributed by atoms with Gasteiger partial charge in [0.25, 0.3) is 0 Å². The van der Waals surface area contributed by atoms with E-state index in [4.69, 9.17) is 10.8 Å². The molecule has 0 aliphatic carbocycles. The molecule has 0 aliphatic heterocycles. The number of nitrogens with one attached hydrogen (secondary N) is 1. The first kappa shape index (κ1) is 13.7. The average Bonchev–Trinajstić information content (AvgIpc) is 2.29. The van der Waals surface area contributed by atoms with Gasteiger partial charge in [-0.15, -0.1) is 0 Å². The largest absolute Gasteiger partial charge is 0.393 e. The van der Waals surface area contributed by atoms with Crippen molar-refractivity contribution in [2.45, 2.75) is 31.9 Å². The van der Waals surface area contributed by atoms with E-state index in [0.29, 0.717) is 19.4 Å². The van der Waals surface area contributed by atoms with E-state index in [1.807, 2.05) is 30.3 Å². The van der Waals surface area contributed by atoms with Crippen molar-refractivity contribution in [2.24, 2.45) is 5.73 Å². The summed E-state index contributed by atoms with van der Waals surface area (Å²) in [5, 5.41) is 11.8. The van der Waals surface area contributed by atoms with E-state index in [9.17, 15) is 4.79 Å². The summed E-state index contributed by atoms with van der Waals surface area (Å²) in [6.07, 6.45) is 0.672. The highest BCUT2D eigenvalue weighted by Crippen LogP contribution is 2.01. The molecule has 4 N–H and O–H groups in total. The summed E-state index contributed by atoms with van der Waals surface area (Å²) in [6, 6.07) is 9.14. The minimum atomic E-state index is -0.536. The summed E-state index contributed by atoms with van der Waals surface area (Å²) in [5.74, 6) is -0.172. The Kier molecular flexibility index (Phi) is 5.66. The van der Waals surface area contributed by atoms with E-state index in [2.05, 4.69) is 5.32 Å². The van der Waals surface area contributed by atoms with E-state index in [1.165, 1.54) is 0 Å². The van der Waals surface area contributed by atoms with Crippen LogP contribution < -0.4 is 11.1 Å². The van der Waals surface area contributed by atoms with Gasteiger partial charge in [0.1, 0.15) is 0 Å². The van der Waals surface area contributed by atoms with Gasteiger partial charge < -0.3 is 16.2 Å². The lowest BCUT2D eigenvalue weighted by Crippen LogP contribution is -2.42. The zero-order valence-electron chi connectivity index (χ0n) is 10.1. The number of aliphatic hydroxyl groups excluding tert-OH is 1. The van der Waals surface area contributed by atoms with Crippen molar-refractivity contribution in [3.8, 4) is 0 Å². The molecule has 0 radical (unpaired) electrons. The molecular formula is C13H20N2O2. The van der Waals surface area contributed by atoms with Gasteiger partial charge >= 0.3 is 0 Å². The Bertz CT molecular complexity index is 339. The molecule has 2 atom stereocenters. The van der Waals surface area contributed by atoms with Gasteiger partial charge in [-0.25, -0.2) is 0 Å². The second-order valence-corrected chi connectivity index (χ2v) is 4.22. The lowest BCUT2D eigenvalue weighted by atomic mass is 10.1. The van der Waals surface area contributed by atoms with E-state index >= 15 is 0 Å². The Morgan fingerprint density at radius 1 is 1.41 bits per heavy atom. The summed E-state index contributed by atoms with van der Waals surface area (Å²) in [6.45, 7) is 2.15. The van der Waals surface area contributed by atoms with Crippen LogP contribution in [0.4, 0.5) is 0 Å². The predicted molar refractivity (Wildman–Crippen MR) is 67.4 cm³/mol. The minimum Gasteiger partial charge on any atom is -0.393 e. The van der Waals surface area contributed by atoms with Crippen molar-refractivity contribution >= 4 is 5.91 Å². The Labute approximate surface area is 102 Å². The molecule has 0 bridgehead atoms. The third kappa shape index (κ3) is 5.47. The molecule has 0 heterocycles. The molecule has 0 aromatic heterocycles. The van der Waals surface area contributed by atoms with Crippen molar-refractivity contribution in [3.63, 3.8) is 0 Å². The molecule has 94 valence electrons. The number of amides is 1. The Hall–Kier alpha value is -1.39. The van der Waals surface area contributed by atoms with Crippen LogP contribution in [0.2, 0.25) is 0 Å². The van der Waals surface area contributed by atoms with Crippen molar-refractivity contribution in [2.75, 3.05) is 6.54 Å². The zero-order valence-corrected chi connectivity index (χ0v) is 10.1. The lowest BCUT2D eigenvalue weighted by Gasteiger charge is -2.12. The number of nitrogens with two attached hydrogens (primary N) is 1. The fraction of sp³-hybridized carbons (Fsp3) is 0.462. The van der Waals surface area contributed by atoms with Crippen LogP contribution in [0.25, 0.3) is 0 Å². The van der Waals surface area contributed by atoms with Gasteiger partial charge in [0, 0.05) is 6.54 Å². The third-order valence-corrected chi connectivity index (χ3v) is 2.50. The fourth-order valence-electron chi connectivity index (χ4n) is 1.50. The average molecular weight is 236 g/mol. The van der Waals surface area contributed by atoms with E-state index in [0.717, 1.165) is 5.56 Å². The smallest absolute Gasteiger partial charge is 0.237 e. The first-order valence-corrected chi connectivity index (χ1v) is 5.85. The van der Waals surface area contributed by atoms with E-state index < -0.39 is 12.1 Å². The Balaban J connectivity index is 2.32. The topological polar surface area (TPSA) is 75.3 Å². The first-order chi connectivity index (χ1) is 8.09. The van der Waals surface area contributed by atoms with E-state index in [1.54, 1.807) is 6.92 Å². The van der Waals surface area contributed by atoms with Gasteiger partial charge in [-0.05, 0) is 25.3 Å². The van der Waals surface area contributed by atoms with Gasteiger partial charge in [-0.2, -0.15) is 0 Å². The monoisotopic (exact) mass is 236 g/mol. The highest BCUT2D eigenvalue weighted by Gasteiger charge is 2.13. The molecule has 0 spiro atoms. The minimum absolute atomic E-state index is 0.172. The van der Waals surface area contributed by atoms with Crippen molar-refractivity contribution in [3.05, 3.63) is 35.9 Å². The molecular weight excluding hydrogens is 216 g/mol. The number of benzene rings is 1. The summed E-state index contributed by atoms with van der Waals surface area (Å²) in [4.78, 5) is 11.6. The molecule has 1 aromatic carbocycles. The molecule has 0 saturated carbocycles. The van der Waals surface area contributed by atoms with Crippen LogP contribution in [0.1, 0.15) is 18.9 Å². The molecule has 0 aliphatic rings. The molecule has 17 heavy (non-hydrogen) atoms. The molecule has 4 nitrogen and oxygen atoms in total. The van der Waals surface area contributed by atoms with Crippen molar-refractivity contribution in [1.82, 2.24) is 5.32 Å². The number of carbonyl (C=O) groups excluding carboxylic acids is 1. The Morgan fingerprint density at radius 3 is 2.65 bits per heavy atom. The number of hydrogen-bond donors (Lipinski definition) is 3. The number of aliphatic hydroxyl groups is 1. The van der Waals surface area contributed by atoms with Gasteiger partial charge in [-0.3, -0.25) is 4.79 Å². The van der Waals surface area contributed by atoms with E-state index in [-0.39, 0.29) is 5.91 Å². The molecule has 1 rings (SSSR count). The SMILES string of the molecule is CC(O)CCNC(=O)C(N)Cc1ccccc1. The summed E-state index contributed by atoms with van der Waals surface area (Å²) in [7, 11) is 0. The van der Waals surface area contributed by atoms with Crippen LogP contribution in [0.5, 0.6) is 0 Å². The second kappa shape index (κ2) is 7.04. The molecule has 0 saturated heterocycles. The highest BCUT2D eigenvalue weighted by atomic mass is 16.3. The molecule has 2 unspecified atom stereocenters. The summed E-state index contributed by atoms with van der Waals surface area (Å²) in [5.41, 5.74) is 6.84. The Morgan fingerprint density at radius 2 is 2.06 bits per heavy atom. The molecule has 4 heteroatoms. The molecule has 1 amide bonds. The maximum absolute atomic E-state index is 11.6. The van der Waals surface area contributed by atoms with Crippen molar-refractivity contribution in [1.29, 1.82) is 0 Å². The molecule has 1 aromatic rings. The van der Waals surface area contributed by atoms with Gasteiger partial charge in [0.15, 0.2) is 0 Å². The second-order valence-electron chi connectivity index (χ2n) is 4.22. The number of rotatable bonds is 6. The fourth-order valence-corrected chi connectivity index (χ4v) is 1.50. The number of carbonyl (C=O) groups is 1. The van der Waals surface area contributed by atoms with Crippen LogP contribution >= 0.6 is 0 Å². The molecule has 0 fully saturated rings. The van der Waals surface area contributed by atoms with Crippen LogP contribution in [0.3, 0.4) is 0 Å².